The molecule has 5 heteroatoms. The maximum Gasteiger partial charge on any atom is 0.317 e. The van der Waals surface area contributed by atoms with Gasteiger partial charge in [-0.1, -0.05) is 16.6 Å². The molecule has 2 aliphatic rings. The highest BCUT2D eigenvalue weighted by molar-refractivity contribution is 5.25. The molecule has 0 amide bonds. The number of hydrogen-bond acceptors (Lipinski definition) is 5. The maximum absolute atomic E-state index is 5.35. The van der Waals surface area contributed by atoms with Crippen molar-refractivity contribution >= 4 is 12.0 Å². The lowest BCUT2D eigenvalue weighted by Gasteiger charge is -2.21. The molecule has 0 aromatic carbocycles. The van der Waals surface area contributed by atoms with Gasteiger partial charge in [0.05, 0.1) is 0 Å². The standard InChI is InChI=1S/C9H14N4O/c10-8-12-13-9(14-8)11-7-4-5-1-2-6(7)3-5/h5-7H,1-4H2,(H2,10,12)(H,11,13). The van der Waals surface area contributed by atoms with Crippen LogP contribution in [0.2, 0.25) is 0 Å². The Labute approximate surface area is 82.1 Å². The Kier molecular flexibility index (Phi) is 1.65. The van der Waals surface area contributed by atoms with E-state index in [2.05, 4.69) is 15.5 Å². The van der Waals surface area contributed by atoms with Gasteiger partial charge in [-0.3, -0.25) is 0 Å². The molecule has 76 valence electrons. The van der Waals surface area contributed by atoms with Gasteiger partial charge in [-0.05, 0) is 31.1 Å². The third-order valence-corrected chi connectivity index (χ3v) is 3.49. The molecule has 3 atom stereocenters. The zero-order valence-corrected chi connectivity index (χ0v) is 7.94. The number of nitrogens with two attached hydrogens (primary N) is 1. The van der Waals surface area contributed by atoms with Crippen LogP contribution in [0.1, 0.15) is 25.7 Å². The molecule has 2 fully saturated rings. The van der Waals surface area contributed by atoms with Crippen molar-refractivity contribution in [2.24, 2.45) is 11.8 Å². The number of anilines is 2. The van der Waals surface area contributed by atoms with E-state index in [0.29, 0.717) is 12.1 Å². The van der Waals surface area contributed by atoms with Crippen molar-refractivity contribution < 1.29 is 4.42 Å². The van der Waals surface area contributed by atoms with Gasteiger partial charge in [0.15, 0.2) is 0 Å². The predicted octanol–water partition coefficient (Wildman–Crippen LogP) is 1.25. The summed E-state index contributed by atoms with van der Waals surface area (Å²) < 4.78 is 5.10. The first kappa shape index (κ1) is 8.08. The Morgan fingerprint density at radius 1 is 1.29 bits per heavy atom. The fourth-order valence-corrected chi connectivity index (χ4v) is 2.87. The summed E-state index contributed by atoms with van der Waals surface area (Å²) in [7, 11) is 0. The van der Waals surface area contributed by atoms with Gasteiger partial charge < -0.3 is 15.5 Å². The Balaban J connectivity index is 1.68. The van der Waals surface area contributed by atoms with Gasteiger partial charge in [0, 0.05) is 6.04 Å². The first-order valence-corrected chi connectivity index (χ1v) is 5.17. The first-order chi connectivity index (χ1) is 6.81. The van der Waals surface area contributed by atoms with E-state index in [0.717, 1.165) is 11.8 Å². The number of aromatic nitrogens is 2. The number of nitrogens with zero attached hydrogens (tertiary/aromatic N) is 2. The highest BCUT2D eigenvalue weighted by Gasteiger charge is 2.39. The van der Waals surface area contributed by atoms with Crippen LogP contribution in [0.3, 0.4) is 0 Å². The summed E-state index contributed by atoms with van der Waals surface area (Å²) in [6, 6.07) is 1.13. The molecule has 0 radical (unpaired) electrons. The second-order valence-electron chi connectivity index (χ2n) is 4.37. The van der Waals surface area contributed by atoms with Gasteiger partial charge in [-0.2, -0.15) is 0 Å². The Hall–Kier alpha value is -1.26. The van der Waals surface area contributed by atoms with Crippen LogP contribution in [-0.4, -0.2) is 16.2 Å². The van der Waals surface area contributed by atoms with Gasteiger partial charge >= 0.3 is 12.0 Å². The van der Waals surface area contributed by atoms with Crippen molar-refractivity contribution in [3.63, 3.8) is 0 Å². The van der Waals surface area contributed by atoms with Gasteiger partial charge in [0.2, 0.25) is 0 Å². The quantitative estimate of drug-likeness (QED) is 0.741. The number of hydrogen-bond donors (Lipinski definition) is 2. The number of nitrogen functional groups attached to an aromatic ring is 1. The van der Waals surface area contributed by atoms with Gasteiger partial charge in [-0.15, -0.1) is 0 Å². The molecular weight excluding hydrogens is 180 g/mol. The number of rotatable bonds is 2. The van der Waals surface area contributed by atoms with E-state index in [9.17, 15) is 0 Å². The smallest absolute Gasteiger partial charge is 0.317 e. The molecule has 3 unspecified atom stereocenters. The molecule has 3 N–H and O–H groups in total. The Morgan fingerprint density at radius 3 is 2.79 bits per heavy atom. The lowest BCUT2D eigenvalue weighted by molar-refractivity contribution is 0.428. The van der Waals surface area contributed by atoms with Crippen LogP contribution in [-0.2, 0) is 0 Å². The second-order valence-corrected chi connectivity index (χ2v) is 4.37. The minimum atomic E-state index is 0.135. The Morgan fingerprint density at radius 2 is 2.21 bits per heavy atom. The predicted molar refractivity (Wildman–Crippen MR) is 51.6 cm³/mol. The van der Waals surface area contributed by atoms with Crippen LogP contribution in [0.4, 0.5) is 12.0 Å². The number of nitrogens with one attached hydrogen (secondary N) is 1. The largest absolute Gasteiger partial charge is 0.390 e. The van der Waals surface area contributed by atoms with E-state index in [1.165, 1.54) is 25.7 Å². The molecule has 2 saturated carbocycles. The third kappa shape index (κ3) is 1.23. The topological polar surface area (TPSA) is 77.0 Å². The molecule has 2 aliphatic carbocycles. The minimum Gasteiger partial charge on any atom is -0.390 e. The molecule has 0 saturated heterocycles. The molecule has 14 heavy (non-hydrogen) atoms. The highest BCUT2D eigenvalue weighted by atomic mass is 16.4. The van der Waals surface area contributed by atoms with Crippen LogP contribution in [0, 0.1) is 11.8 Å². The fraction of sp³-hybridized carbons (Fsp3) is 0.778. The summed E-state index contributed by atoms with van der Waals surface area (Å²) in [5.74, 6) is 1.71. The van der Waals surface area contributed by atoms with Crippen LogP contribution >= 0.6 is 0 Å². The van der Waals surface area contributed by atoms with Gasteiger partial charge in [0.1, 0.15) is 0 Å². The van der Waals surface area contributed by atoms with E-state index < -0.39 is 0 Å². The zero-order chi connectivity index (χ0) is 9.54. The van der Waals surface area contributed by atoms with Crippen molar-refractivity contribution in [2.75, 3.05) is 11.1 Å². The van der Waals surface area contributed by atoms with Crippen LogP contribution in [0.15, 0.2) is 4.42 Å². The average Bonchev–Trinajstić information content (AvgIpc) is 2.82. The summed E-state index contributed by atoms with van der Waals surface area (Å²) in [5.41, 5.74) is 5.35. The van der Waals surface area contributed by atoms with Crippen molar-refractivity contribution in [2.45, 2.75) is 31.7 Å². The lowest BCUT2D eigenvalue weighted by atomic mass is 9.96. The molecular formula is C9H14N4O. The third-order valence-electron chi connectivity index (χ3n) is 3.49. The van der Waals surface area contributed by atoms with Crippen molar-refractivity contribution in [3.05, 3.63) is 0 Å². The summed E-state index contributed by atoms with van der Waals surface area (Å²) >= 11 is 0. The van der Waals surface area contributed by atoms with Crippen LogP contribution < -0.4 is 11.1 Å². The lowest BCUT2D eigenvalue weighted by Crippen LogP contribution is -2.25. The fourth-order valence-electron chi connectivity index (χ4n) is 2.87. The molecule has 0 aliphatic heterocycles. The second kappa shape index (κ2) is 2.87. The zero-order valence-electron chi connectivity index (χ0n) is 7.94. The van der Waals surface area contributed by atoms with Crippen molar-refractivity contribution in [3.8, 4) is 0 Å². The molecule has 1 heterocycles. The van der Waals surface area contributed by atoms with Crippen molar-refractivity contribution in [1.82, 2.24) is 10.2 Å². The summed E-state index contributed by atoms with van der Waals surface area (Å²) in [6.45, 7) is 0. The monoisotopic (exact) mass is 194 g/mol. The molecule has 1 aromatic heterocycles. The normalized spacial score (nSPS) is 35.0. The molecule has 0 spiro atoms. The summed E-state index contributed by atoms with van der Waals surface area (Å²) in [4.78, 5) is 0. The molecule has 5 nitrogen and oxygen atoms in total. The average molecular weight is 194 g/mol. The van der Waals surface area contributed by atoms with E-state index in [1.807, 2.05) is 0 Å². The SMILES string of the molecule is Nc1nnc(NC2CC3CCC2C3)o1. The number of fused-ring (bicyclic) bond motifs is 2. The minimum absolute atomic E-state index is 0.135. The maximum atomic E-state index is 5.35. The van der Waals surface area contributed by atoms with Gasteiger partial charge in [0.25, 0.3) is 0 Å². The van der Waals surface area contributed by atoms with E-state index >= 15 is 0 Å². The summed E-state index contributed by atoms with van der Waals surface area (Å²) in [6.07, 6.45) is 5.34. The van der Waals surface area contributed by atoms with Crippen LogP contribution in [0.5, 0.6) is 0 Å². The first-order valence-electron chi connectivity index (χ1n) is 5.17. The summed E-state index contributed by atoms with van der Waals surface area (Å²) in [5, 5.41) is 10.7. The van der Waals surface area contributed by atoms with Crippen LogP contribution in [0.25, 0.3) is 0 Å². The van der Waals surface area contributed by atoms with E-state index in [-0.39, 0.29) is 6.01 Å². The molecule has 3 rings (SSSR count). The van der Waals surface area contributed by atoms with E-state index in [4.69, 9.17) is 10.2 Å². The highest BCUT2D eigenvalue weighted by Crippen LogP contribution is 2.45. The van der Waals surface area contributed by atoms with E-state index in [1.54, 1.807) is 0 Å². The Bertz CT molecular complexity index is 337. The molecule has 2 bridgehead atoms. The van der Waals surface area contributed by atoms with Gasteiger partial charge in [-0.25, -0.2) is 0 Å². The van der Waals surface area contributed by atoms with Crippen molar-refractivity contribution in [1.29, 1.82) is 0 Å². The molecule has 1 aromatic rings.